The highest BCUT2D eigenvalue weighted by atomic mass is 35.5. The van der Waals surface area contributed by atoms with Gasteiger partial charge >= 0.3 is 0 Å². The number of aromatic nitrogens is 2. The largest absolute Gasteiger partial charge is 0.482 e. The predicted molar refractivity (Wildman–Crippen MR) is 127 cm³/mol. The fraction of sp³-hybridized carbons (Fsp3) is 0.160. The number of halogens is 1. The van der Waals surface area contributed by atoms with E-state index in [4.69, 9.17) is 16.3 Å². The Morgan fingerprint density at radius 2 is 1.84 bits per heavy atom. The molecule has 0 unspecified atom stereocenters. The average Bonchev–Trinajstić information content (AvgIpc) is 2.76. The minimum Gasteiger partial charge on any atom is -0.482 e. The number of anilines is 1. The molecule has 0 spiro atoms. The van der Waals surface area contributed by atoms with Crippen molar-refractivity contribution in [1.82, 2.24) is 9.55 Å². The van der Waals surface area contributed by atoms with Crippen LogP contribution in [0.4, 0.5) is 5.69 Å². The number of rotatable bonds is 5. The summed E-state index contributed by atoms with van der Waals surface area (Å²) in [5.41, 5.74) is 3.66. The summed E-state index contributed by atoms with van der Waals surface area (Å²) in [7, 11) is 0. The van der Waals surface area contributed by atoms with Gasteiger partial charge in [0.25, 0.3) is 11.5 Å². The first-order chi connectivity index (χ1) is 15.3. The summed E-state index contributed by atoms with van der Waals surface area (Å²) in [6.45, 7) is 5.42. The zero-order chi connectivity index (χ0) is 22.8. The molecule has 1 aromatic heterocycles. The first kappa shape index (κ1) is 21.6. The van der Waals surface area contributed by atoms with E-state index in [2.05, 4.69) is 10.3 Å². The maximum atomic E-state index is 13.0. The zero-order valence-electron chi connectivity index (χ0n) is 18.0. The van der Waals surface area contributed by atoms with E-state index in [0.717, 1.165) is 11.1 Å². The number of fused-ring (bicyclic) bond motifs is 1. The molecular formula is C25H22ClN3O3. The normalized spacial score (nSPS) is 10.9. The summed E-state index contributed by atoms with van der Waals surface area (Å²) in [5.74, 6) is 0.750. The molecule has 0 aliphatic carbocycles. The SMILES string of the molecule is Cc1ccc(Cl)c(OCC(=O)Nc2ccc(-n3c(C)nc4ccccc4c3=O)cc2C)c1. The molecule has 7 heteroatoms. The molecule has 0 saturated carbocycles. The molecule has 4 aromatic rings. The number of aryl methyl sites for hydroxylation is 3. The summed E-state index contributed by atoms with van der Waals surface area (Å²) in [4.78, 5) is 30.0. The number of ether oxygens (including phenoxy) is 1. The second kappa shape index (κ2) is 8.85. The maximum Gasteiger partial charge on any atom is 0.265 e. The summed E-state index contributed by atoms with van der Waals surface area (Å²) in [6.07, 6.45) is 0. The van der Waals surface area contributed by atoms with E-state index >= 15 is 0 Å². The lowest BCUT2D eigenvalue weighted by Gasteiger charge is -2.14. The van der Waals surface area contributed by atoms with Gasteiger partial charge in [-0.15, -0.1) is 0 Å². The minimum absolute atomic E-state index is 0.132. The van der Waals surface area contributed by atoms with E-state index in [1.54, 1.807) is 41.8 Å². The molecule has 0 radical (unpaired) electrons. The highest BCUT2D eigenvalue weighted by Crippen LogP contribution is 2.25. The standard InChI is InChI=1S/C25H22ClN3O3/c1-15-8-10-20(26)23(12-15)32-14-24(30)28-21-11-9-18(13-16(21)2)29-17(3)27-22-7-5-4-6-19(22)25(29)31/h4-13H,14H2,1-3H3,(H,28,30). The van der Waals surface area contributed by atoms with E-state index in [9.17, 15) is 9.59 Å². The van der Waals surface area contributed by atoms with Crippen LogP contribution >= 0.6 is 11.6 Å². The maximum absolute atomic E-state index is 13.0. The van der Waals surface area contributed by atoms with Crippen LogP contribution < -0.4 is 15.6 Å². The van der Waals surface area contributed by atoms with Crippen LogP contribution in [-0.4, -0.2) is 22.1 Å². The molecule has 162 valence electrons. The molecule has 0 saturated heterocycles. The Balaban J connectivity index is 1.54. The number of hydrogen-bond donors (Lipinski definition) is 1. The lowest BCUT2D eigenvalue weighted by molar-refractivity contribution is -0.118. The highest BCUT2D eigenvalue weighted by Gasteiger charge is 2.12. The first-order valence-corrected chi connectivity index (χ1v) is 10.5. The van der Waals surface area contributed by atoms with Crippen LogP contribution in [0.5, 0.6) is 5.75 Å². The Bertz CT molecular complexity index is 1400. The summed E-state index contributed by atoms with van der Waals surface area (Å²) >= 11 is 6.11. The van der Waals surface area contributed by atoms with Gasteiger partial charge in [-0.25, -0.2) is 4.98 Å². The van der Waals surface area contributed by atoms with E-state index in [0.29, 0.717) is 38.9 Å². The van der Waals surface area contributed by atoms with Crippen molar-refractivity contribution < 1.29 is 9.53 Å². The smallest absolute Gasteiger partial charge is 0.265 e. The van der Waals surface area contributed by atoms with Gasteiger partial charge in [0.05, 0.1) is 21.6 Å². The third-order valence-electron chi connectivity index (χ3n) is 5.13. The van der Waals surface area contributed by atoms with Crippen LogP contribution in [0.15, 0.2) is 65.5 Å². The molecule has 0 fully saturated rings. The van der Waals surface area contributed by atoms with Crippen LogP contribution in [0.25, 0.3) is 16.6 Å². The van der Waals surface area contributed by atoms with Gasteiger partial charge in [0.2, 0.25) is 0 Å². The van der Waals surface area contributed by atoms with Gasteiger partial charge in [0.1, 0.15) is 11.6 Å². The molecule has 1 heterocycles. The fourth-order valence-electron chi connectivity index (χ4n) is 3.53. The first-order valence-electron chi connectivity index (χ1n) is 10.1. The van der Waals surface area contributed by atoms with Gasteiger partial charge in [0.15, 0.2) is 6.61 Å². The minimum atomic E-state index is -0.306. The number of nitrogens with one attached hydrogen (secondary N) is 1. The Hall–Kier alpha value is -3.64. The topological polar surface area (TPSA) is 73.2 Å². The predicted octanol–water partition coefficient (Wildman–Crippen LogP) is 4.98. The molecule has 0 aliphatic heterocycles. The van der Waals surface area contributed by atoms with Crippen LogP contribution in [0.1, 0.15) is 17.0 Å². The Kier molecular flexibility index (Phi) is 5.97. The number of hydrogen-bond acceptors (Lipinski definition) is 4. The Morgan fingerprint density at radius 1 is 1.06 bits per heavy atom. The average molecular weight is 448 g/mol. The molecule has 0 atom stereocenters. The van der Waals surface area contributed by atoms with Crippen LogP contribution in [-0.2, 0) is 4.79 Å². The lowest BCUT2D eigenvalue weighted by Crippen LogP contribution is -2.23. The van der Waals surface area contributed by atoms with Gasteiger partial charge in [-0.05, 0) is 74.4 Å². The van der Waals surface area contributed by atoms with Gasteiger partial charge in [0, 0.05) is 5.69 Å². The second-order valence-electron chi connectivity index (χ2n) is 7.59. The van der Waals surface area contributed by atoms with Crippen molar-refractivity contribution in [3.8, 4) is 11.4 Å². The molecule has 32 heavy (non-hydrogen) atoms. The van der Waals surface area contributed by atoms with Crippen molar-refractivity contribution in [3.05, 3.63) is 93.0 Å². The van der Waals surface area contributed by atoms with Crippen LogP contribution in [0, 0.1) is 20.8 Å². The molecule has 0 aliphatic rings. The van der Waals surface area contributed by atoms with Crippen molar-refractivity contribution >= 4 is 34.1 Å². The molecule has 6 nitrogen and oxygen atoms in total. The molecule has 3 aromatic carbocycles. The molecule has 4 rings (SSSR count). The molecule has 0 bridgehead atoms. The second-order valence-corrected chi connectivity index (χ2v) is 7.99. The van der Waals surface area contributed by atoms with Gasteiger partial charge < -0.3 is 10.1 Å². The van der Waals surface area contributed by atoms with Crippen molar-refractivity contribution in [3.63, 3.8) is 0 Å². The monoisotopic (exact) mass is 447 g/mol. The van der Waals surface area contributed by atoms with E-state index in [1.807, 2.05) is 44.2 Å². The van der Waals surface area contributed by atoms with E-state index in [1.165, 1.54) is 0 Å². The molecule has 1 N–H and O–H groups in total. The molecule has 1 amide bonds. The number of benzene rings is 3. The number of amides is 1. The summed E-state index contributed by atoms with van der Waals surface area (Å²) < 4.78 is 7.13. The number of nitrogens with zero attached hydrogens (tertiary/aromatic N) is 2. The molecular weight excluding hydrogens is 426 g/mol. The van der Waals surface area contributed by atoms with Crippen molar-refractivity contribution in [1.29, 1.82) is 0 Å². The third kappa shape index (κ3) is 4.36. The third-order valence-corrected chi connectivity index (χ3v) is 5.44. The highest BCUT2D eigenvalue weighted by molar-refractivity contribution is 6.32. The number of carbonyl (C=O) groups excluding carboxylic acids is 1. The Labute approximate surface area is 190 Å². The van der Waals surface area contributed by atoms with Gasteiger partial charge in [-0.2, -0.15) is 0 Å². The van der Waals surface area contributed by atoms with Gasteiger partial charge in [-0.1, -0.05) is 29.8 Å². The van der Waals surface area contributed by atoms with Crippen molar-refractivity contribution in [2.45, 2.75) is 20.8 Å². The lowest BCUT2D eigenvalue weighted by atomic mass is 10.1. The fourth-order valence-corrected chi connectivity index (χ4v) is 3.70. The zero-order valence-corrected chi connectivity index (χ0v) is 18.7. The van der Waals surface area contributed by atoms with E-state index < -0.39 is 0 Å². The number of para-hydroxylation sites is 1. The summed E-state index contributed by atoms with van der Waals surface area (Å²) in [5, 5.41) is 3.85. The van der Waals surface area contributed by atoms with Crippen molar-refractivity contribution in [2.75, 3.05) is 11.9 Å². The van der Waals surface area contributed by atoms with Crippen LogP contribution in [0.3, 0.4) is 0 Å². The van der Waals surface area contributed by atoms with Crippen LogP contribution in [0.2, 0.25) is 5.02 Å². The number of carbonyl (C=O) groups is 1. The Morgan fingerprint density at radius 3 is 2.62 bits per heavy atom. The quantitative estimate of drug-likeness (QED) is 0.468. The van der Waals surface area contributed by atoms with Crippen molar-refractivity contribution in [2.24, 2.45) is 0 Å². The van der Waals surface area contributed by atoms with Gasteiger partial charge in [-0.3, -0.25) is 14.2 Å². The summed E-state index contributed by atoms with van der Waals surface area (Å²) in [6, 6.07) is 18.1. The van der Waals surface area contributed by atoms with E-state index in [-0.39, 0.29) is 18.1 Å².